The van der Waals surface area contributed by atoms with Gasteiger partial charge in [0, 0.05) is 5.56 Å². The molecule has 2 aromatic carbocycles. The molecule has 2 aromatic rings. The van der Waals surface area contributed by atoms with Crippen LogP contribution in [0.3, 0.4) is 0 Å². The second-order valence-electron chi connectivity index (χ2n) is 5.01. The zero-order valence-electron chi connectivity index (χ0n) is 12.0. The maximum atomic E-state index is 13.6. The highest BCUT2D eigenvalue weighted by Gasteiger charge is 2.35. The van der Waals surface area contributed by atoms with Crippen LogP contribution in [-0.4, -0.2) is 5.91 Å². The number of hydrogen-bond donors (Lipinski definition) is 0. The van der Waals surface area contributed by atoms with Gasteiger partial charge in [-0.1, -0.05) is 30.3 Å². The summed E-state index contributed by atoms with van der Waals surface area (Å²) in [6.45, 7) is 0.284. The first-order chi connectivity index (χ1) is 11.2. The van der Waals surface area contributed by atoms with E-state index < -0.39 is 11.7 Å². The molecule has 0 saturated carbocycles. The van der Waals surface area contributed by atoms with Gasteiger partial charge in [0.15, 0.2) is 0 Å². The number of amides is 1. The van der Waals surface area contributed by atoms with Gasteiger partial charge in [-0.2, -0.15) is 10.5 Å². The van der Waals surface area contributed by atoms with Gasteiger partial charge in [0.1, 0.15) is 23.5 Å². The van der Waals surface area contributed by atoms with Gasteiger partial charge in [0.05, 0.1) is 17.8 Å². The number of hydrogen-bond acceptors (Lipinski definition) is 3. The topological polar surface area (TPSA) is 67.9 Å². The Morgan fingerprint density at radius 3 is 2.43 bits per heavy atom. The van der Waals surface area contributed by atoms with Crippen LogP contribution in [0.25, 0.3) is 5.57 Å². The van der Waals surface area contributed by atoms with Crippen LogP contribution in [0.2, 0.25) is 0 Å². The Bertz CT molecular complexity index is 888. The molecule has 0 atom stereocenters. The summed E-state index contributed by atoms with van der Waals surface area (Å²) in [7, 11) is 0. The van der Waals surface area contributed by atoms with E-state index in [-0.39, 0.29) is 23.3 Å². The highest BCUT2D eigenvalue weighted by atomic mass is 19.1. The molecule has 0 aliphatic carbocycles. The van der Waals surface area contributed by atoms with E-state index >= 15 is 0 Å². The standard InChI is InChI=1S/C18H10FN3O/c19-14-6-7-16-15(8-14)17(13(9-20)10-21)18(23)22(16)11-12-4-2-1-3-5-12/h1-8H,11H2. The first-order valence-corrected chi connectivity index (χ1v) is 6.86. The number of nitrogens with zero attached hydrogens (tertiary/aromatic N) is 3. The van der Waals surface area contributed by atoms with Gasteiger partial charge < -0.3 is 4.90 Å². The summed E-state index contributed by atoms with van der Waals surface area (Å²) in [4.78, 5) is 14.1. The summed E-state index contributed by atoms with van der Waals surface area (Å²) in [5.41, 5.74) is 1.33. The average Bonchev–Trinajstić information content (AvgIpc) is 2.82. The minimum absolute atomic E-state index is 0.0413. The van der Waals surface area contributed by atoms with Crippen LogP contribution in [0, 0.1) is 28.5 Å². The summed E-state index contributed by atoms with van der Waals surface area (Å²) >= 11 is 0. The van der Waals surface area contributed by atoms with Crippen molar-refractivity contribution in [2.75, 3.05) is 4.90 Å². The third kappa shape index (κ3) is 2.45. The molecular formula is C18H10FN3O. The number of halogens is 1. The quantitative estimate of drug-likeness (QED) is 0.632. The molecular weight excluding hydrogens is 293 g/mol. The molecule has 5 heteroatoms. The van der Waals surface area contributed by atoms with E-state index in [0.29, 0.717) is 5.69 Å². The lowest BCUT2D eigenvalue weighted by Crippen LogP contribution is -2.26. The first kappa shape index (κ1) is 14.5. The number of allylic oxidation sites excluding steroid dienone is 1. The Kier molecular flexibility index (Phi) is 3.62. The van der Waals surface area contributed by atoms with E-state index in [0.717, 1.165) is 5.56 Å². The Labute approximate surface area is 132 Å². The van der Waals surface area contributed by atoms with Crippen molar-refractivity contribution in [1.29, 1.82) is 10.5 Å². The smallest absolute Gasteiger partial charge is 0.261 e. The monoisotopic (exact) mass is 303 g/mol. The first-order valence-electron chi connectivity index (χ1n) is 6.86. The summed E-state index contributed by atoms with van der Waals surface area (Å²) in [5.74, 6) is -0.988. The van der Waals surface area contributed by atoms with Crippen molar-refractivity contribution in [1.82, 2.24) is 0 Å². The number of rotatable bonds is 2. The molecule has 1 aliphatic rings. The number of nitriles is 2. The van der Waals surface area contributed by atoms with Crippen LogP contribution in [0.4, 0.5) is 10.1 Å². The van der Waals surface area contributed by atoms with Crippen LogP contribution in [0.15, 0.2) is 54.1 Å². The number of benzene rings is 2. The van der Waals surface area contributed by atoms with Gasteiger partial charge in [-0.3, -0.25) is 4.79 Å². The molecule has 4 nitrogen and oxygen atoms in total. The van der Waals surface area contributed by atoms with Crippen molar-refractivity contribution in [3.05, 3.63) is 71.0 Å². The maximum Gasteiger partial charge on any atom is 0.261 e. The SMILES string of the molecule is N#CC(C#N)=C1C(=O)N(Cc2ccccc2)c2ccc(F)cc21. The molecule has 1 aliphatic heterocycles. The van der Waals surface area contributed by atoms with Crippen molar-refractivity contribution in [2.45, 2.75) is 6.54 Å². The van der Waals surface area contributed by atoms with Crippen LogP contribution in [0.5, 0.6) is 0 Å². The van der Waals surface area contributed by atoms with Crippen molar-refractivity contribution < 1.29 is 9.18 Å². The van der Waals surface area contributed by atoms with Crippen LogP contribution < -0.4 is 4.90 Å². The molecule has 1 amide bonds. The summed E-state index contributed by atoms with van der Waals surface area (Å²) in [5, 5.41) is 18.2. The Morgan fingerprint density at radius 2 is 1.78 bits per heavy atom. The molecule has 3 rings (SSSR count). The number of carbonyl (C=O) groups is 1. The molecule has 23 heavy (non-hydrogen) atoms. The molecule has 0 spiro atoms. The third-order valence-corrected chi connectivity index (χ3v) is 3.63. The predicted molar refractivity (Wildman–Crippen MR) is 82.2 cm³/mol. The van der Waals surface area contributed by atoms with Gasteiger partial charge in [0.25, 0.3) is 5.91 Å². The van der Waals surface area contributed by atoms with E-state index in [1.807, 2.05) is 30.3 Å². The maximum absolute atomic E-state index is 13.6. The molecule has 0 aromatic heterocycles. The largest absolute Gasteiger partial charge is 0.303 e. The van der Waals surface area contributed by atoms with Gasteiger partial charge in [-0.15, -0.1) is 0 Å². The fourth-order valence-electron chi connectivity index (χ4n) is 2.60. The lowest BCUT2D eigenvalue weighted by Gasteiger charge is -2.17. The van der Waals surface area contributed by atoms with Gasteiger partial charge in [-0.05, 0) is 23.8 Å². The number of anilines is 1. The molecule has 0 saturated heterocycles. The zero-order valence-corrected chi connectivity index (χ0v) is 12.0. The zero-order chi connectivity index (χ0) is 16.4. The number of fused-ring (bicyclic) bond motifs is 1. The van der Waals surface area contributed by atoms with E-state index in [1.54, 1.807) is 12.1 Å². The van der Waals surface area contributed by atoms with Crippen molar-refractivity contribution in [2.24, 2.45) is 0 Å². The van der Waals surface area contributed by atoms with Crippen LogP contribution >= 0.6 is 0 Å². The fraction of sp³-hybridized carbons (Fsp3) is 0.0556. The van der Waals surface area contributed by atoms with Crippen LogP contribution in [0.1, 0.15) is 11.1 Å². The molecule has 0 unspecified atom stereocenters. The normalized spacial score (nSPS) is 12.6. The molecule has 110 valence electrons. The average molecular weight is 303 g/mol. The molecule has 0 radical (unpaired) electrons. The summed E-state index contributed by atoms with van der Waals surface area (Å²) in [6.07, 6.45) is 0. The van der Waals surface area contributed by atoms with Crippen LogP contribution in [-0.2, 0) is 11.3 Å². The predicted octanol–water partition coefficient (Wildman–Crippen LogP) is 3.17. The third-order valence-electron chi connectivity index (χ3n) is 3.63. The lowest BCUT2D eigenvalue weighted by molar-refractivity contribution is -0.113. The van der Waals surface area contributed by atoms with E-state index in [9.17, 15) is 9.18 Å². The van der Waals surface area contributed by atoms with E-state index in [4.69, 9.17) is 10.5 Å². The summed E-state index contributed by atoms with van der Waals surface area (Å²) in [6, 6.07) is 16.7. The van der Waals surface area contributed by atoms with Gasteiger partial charge >= 0.3 is 0 Å². The molecule has 1 heterocycles. The van der Waals surface area contributed by atoms with Crippen molar-refractivity contribution in [3.8, 4) is 12.1 Å². The van der Waals surface area contributed by atoms with E-state index in [2.05, 4.69) is 0 Å². The molecule has 0 bridgehead atoms. The Balaban J connectivity index is 2.15. The van der Waals surface area contributed by atoms with Gasteiger partial charge in [0.2, 0.25) is 0 Å². The van der Waals surface area contributed by atoms with Gasteiger partial charge in [-0.25, -0.2) is 4.39 Å². The van der Waals surface area contributed by atoms with E-state index in [1.165, 1.54) is 23.1 Å². The molecule has 0 fully saturated rings. The number of carbonyl (C=O) groups excluding carboxylic acids is 1. The highest BCUT2D eigenvalue weighted by molar-refractivity contribution is 6.34. The lowest BCUT2D eigenvalue weighted by atomic mass is 10.0. The van der Waals surface area contributed by atoms with Crippen molar-refractivity contribution in [3.63, 3.8) is 0 Å². The Hall–Kier alpha value is -3.44. The minimum Gasteiger partial charge on any atom is -0.303 e. The minimum atomic E-state index is -0.522. The second-order valence-corrected chi connectivity index (χ2v) is 5.01. The second kappa shape index (κ2) is 5.75. The van der Waals surface area contributed by atoms with Crippen molar-refractivity contribution >= 4 is 17.2 Å². The molecule has 0 N–H and O–H groups in total. The summed E-state index contributed by atoms with van der Waals surface area (Å²) < 4.78 is 13.6. The highest BCUT2D eigenvalue weighted by Crippen LogP contribution is 2.39. The fourth-order valence-corrected chi connectivity index (χ4v) is 2.60. The Morgan fingerprint density at radius 1 is 1.09 bits per heavy atom.